The molecule has 6 nitrogen and oxygen atoms in total. The van der Waals surface area contributed by atoms with Gasteiger partial charge < -0.3 is 5.32 Å². The van der Waals surface area contributed by atoms with Crippen LogP contribution in [0.1, 0.15) is 41.6 Å². The second kappa shape index (κ2) is 6.15. The van der Waals surface area contributed by atoms with E-state index in [4.69, 9.17) is 0 Å². The number of thiazole rings is 1. The summed E-state index contributed by atoms with van der Waals surface area (Å²) in [6.45, 7) is 6.80. The molecule has 0 aliphatic heterocycles. The Morgan fingerprint density at radius 1 is 1.55 bits per heavy atom. The van der Waals surface area contributed by atoms with Crippen LogP contribution in [-0.4, -0.2) is 27.2 Å². The highest BCUT2D eigenvalue weighted by Crippen LogP contribution is 2.21. The first-order valence-electron chi connectivity index (χ1n) is 6.51. The highest BCUT2D eigenvalue weighted by Gasteiger charge is 2.15. The lowest BCUT2D eigenvalue weighted by Gasteiger charge is -2.08. The van der Waals surface area contributed by atoms with Crippen molar-refractivity contribution in [3.05, 3.63) is 28.5 Å². The Kier molecular flexibility index (Phi) is 4.51. The minimum absolute atomic E-state index is 0.174. The van der Waals surface area contributed by atoms with Crippen LogP contribution in [0.5, 0.6) is 0 Å². The first-order valence-corrected chi connectivity index (χ1v) is 7.39. The SMILES string of the molecule is CCNC(C)c1csc(NC(=O)c2cn(C)nc2C)n1. The molecule has 0 bridgehead atoms. The zero-order chi connectivity index (χ0) is 14.7. The molecule has 0 saturated heterocycles. The molecule has 0 aliphatic carbocycles. The molecule has 1 unspecified atom stereocenters. The number of carbonyl (C=O) groups is 1. The van der Waals surface area contributed by atoms with E-state index in [1.54, 1.807) is 17.9 Å². The molecule has 108 valence electrons. The van der Waals surface area contributed by atoms with Gasteiger partial charge in [-0.15, -0.1) is 11.3 Å². The predicted molar refractivity (Wildman–Crippen MR) is 80.1 cm³/mol. The third-order valence-electron chi connectivity index (χ3n) is 2.95. The van der Waals surface area contributed by atoms with Crippen LogP contribution >= 0.6 is 11.3 Å². The van der Waals surface area contributed by atoms with E-state index in [9.17, 15) is 4.79 Å². The minimum Gasteiger partial charge on any atom is -0.309 e. The van der Waals surface area contributed by atoms with Crippen molar-refractivity contribution in [3.8, 4) is 0 Å². The molecule has 2 heterocycles. The molecule has 0 radical (unpaired) electrons. The zero-order valence-electron chi connectivity index (χ0n) is 12.1. The Morgan fingerprint density at radius 2 is 2.30 bits per heavy atom. The van der Waals surface area contributed by atoms with Crippen molar-refractivity contribution < 1.29 is 4.79 Å². The topological polar surface area (TPSA) is 71.8 Å². The van der Waals surface area contributed by atoms with Crippen molar-refractivity contribution in [2.45, 2.75) is 26.8 Å². The Balaban J connectivity index is 2.07. The van der Waals surface area contributed by atoms with Crippen LogP contribution in [0.2, 0.25) is 0 Å². The van der Waals surface area contributed by atoms with Crippen LogP contribution in [0.4, 0.5) is 5.13 Å². The maximum atomic E-state index is 12.1. The van der Waals surface area contributed by atoms with Crippen LogP contribution in [0.3, 0.4) is 0 Å². The Labute approximate surface area is 122 Å². The van der Waals surface area contributed by atoms with Gasteiger partial charge in [-0.1, -0.05) is 6.92 Å². The Bertz CT molecular complexity index is 604. The summed E-state index contributed by atoms with van der Waals surface area (Å²) in [7, 11) is 1.80. The van der Waals surface area contributed by atoms with Gasteiger partial charge in [0.1, 0.15) is 0 Å². The Morgan fingerprint density at radius 3 is 2.90 bits per heavy atom. The molecule has 0 fully saturated rings. The number of hydrogen-bond donors (Lipinski definition) is 2. The van der Waals surface area contributed by atoms with Crippen molar-refractivity contribution in [2.24, 2.45) is 7.05 Å². The molecule has 2 N–H and O–H groups in total. The summed E-state index contributed by atoms with van der Waals surface area (Å²) in [5.41, 5.74) is 2.22. The summed E-state index contributed by atoms with van der Waals surface area (Å²) < 4.78 is 1.63. The van der Waals surface area contributed by atoms with Gasteiger partial charge in [0.2, 0.25) is 0 Å². The lowest BCUT2D eigenvalue weighted by molar-refractivity contribution is 0.102. The summed E-state index contributed by atoms with van der Waals surface area (Å²) in [5.74, 6) is -0.174. The number of rotatable bonds is 5. The standard InChI is InChI=1S/C13H19N5OS/c1-5-14-9(3)11-7-20-13(15-11)16-12(19)10-6-18(4)17-8(10)2/h6-7,9,14H,5H2,1-4H3,(H,15,16,19). The number of hydrogen-bond acceptors (Lipinski definition) is 5. The van der Waals surface area contributed by atoms with E-state index in [0.29, 0.717) is 16.4 Å². The summed E-state index contributed by atoms with van der Waals surface area (Å²) >= 11 is 1.43. The van der Waals surface area contributed by atoms with Crippen molar-refractivity contribution in [1.82, 2.24) is 20.1 Å². The molecule has 7 heteroatoms. The van der Waals surface area contributed by atoms with Crippen molar-refractivity contribution in [3.63, 3.8) is 0 Å². The number of nitrogens with one attached hydrogen (secondary N) is 2. The van der Waals surface area contributed by atoms with E-state index in [-0.39, 0.29) is 11.9 Å². The van der Waals surface area contributed by atoms with Crippen molar-refractivity contribution >= 4 is 22.4 Å². The minimum atomic E-state index is -0.174. The maximum Gasteiger partial charge on any atom is 0.260 e. The molecule has 2 rings (SSSR count). The van der Waals surface area contributed by atoms with Gasteiger partial charge in [0.15, 0.2) is 5.13 Å². The third-order valence-corrected chi connectivity index (χ3v) is 3.73. The average Bonchev–Trinajstić information content (AvgIpc) is 2.96. The smallest absolute Gasteiger partial charge is 0.260 e. The Hall–Kier alpha value is -1.73. The number of aryl methyl sites for hydroxylation is 2. The molecule has 0 spiro atoms. The number of nitrogens with zero attached hydrogens (tertiary/aromatic N) is 3. The molecule has 1 atom stereocenters. The first kappa shape index (κ1) is 14.7. The number of amides is 1. The highest BCUT2D eigenvalue weighted by atomic mass is 32.1. The molecule has 0 aromatic carbocycles. The fourth-order valence-corrected chi connectivity index (χ4v) is 2.74. The van der Waals surface area contributed by atoms with Crippen LogP contribution in [0.15, 0.2) is 11.6 Å². The average molecular weight is 293 g/mol. The number of aromatic nitrogens is 3. The fourth-order valence-electron chi connectivity index (χ4n) is 1.94. The lowest BCUT2D eigenvalue weighted by Crippen LogP contribution is -2.18. The molecule has 2 aromatic heterocycles. The van der Waals surface area contributed by atoms with Crippen LogP contribution in [0.25, 0.3) is 0 Å². The maximum absolute atomic E-state index is 12.1. The summed E-state index contributed by atoms with van der Waals surface area (Å²) in [4.78, 5) is 16.6. The second-order valence-electron chi connectivity index (χ2n) is 4.61. The summed E-state index contributed by atoms with van der Waals surface area (Å²) in [6, 6.07) is 0.182. The second-order valence-corrected chi connectivity index (χ2v) is 5.47. The largest absolute Gasteiger partial charge is 0.309 e. The third kappa shape index (κ3) is 3.23. The van der Waals surface area contributed by atoms with Gasteiger partial charge in [-0.05, 0) is 20.4 Å². The van der Waals surface area contributed by atoms with Crippen LogP contribution < -0.4 is 10.6 Å². The van der Waals surface area contributed by atoms with E-state index < -0.39 is 0 Å². The van der Waals surface area contributed by atoms with E-state index in [1.807, 2.05) is 12.3 Å². The van der Waals surface area contributed by atoms with Gasteiger partial charge in [0.05, 0.1) is 17.0 Å². The summed E-state index contributed by atoms with van der Waals surface area (Å²) in [5, 5.41) is 12.8. The van der Waals surface area contributed by atoms with Crippen molar-refractivity contribution in [1.29, 1.82) is 0 Å². The highest BCUT2D eigenvalue weighted by molar-refractivity contribution is 7.14. The number of carbonyl (C=O) groups excluding carboxylic acids is 1. The normalized spacial score (nSPS) is 12.4. The molecule has 0 aliphatic rings. The van der Waals surface area contributed by atoms with E-state index >= 15 is 0 Å². The summed E-state index contributed by atoms with van der Waals surface area (Å²) in [6.07, 6.45) is 1.71. The van der Waals surface area contributed by atoms with Crippen LogP contribution in [0, 0.1) is 6.92 Å². The van der Waals surface area contributed by atoms with Gasteiger partial charge in [-0.25, -0.2) is 4.98 Å². The van der Waals surface area contributed by atoms with Gasteiger partial charge in [-0.2, -0.15) is 5.10 Å². The van der Waals surface area contributed by atoms with E-state index in [1.165, 1.54) is 11.3 Å². The van der Waals surface area contributed by atoms with Gasteiger partial charge in [0.25, 0.3) is 5.91 Å². The molecule has 0 saturated carbocycles. The van der Waals surface area contributed by atoms with Crippen LogP contribution in [-0.2, 0) is 7.05 Å². The molecule has 1 amide bonds. The first-order chi connectivity index (χ1) is 9.51. The molecule has 20 heavy (non-hydrogen) atoms. The van der Waals surface area contributed by atoms with Gasteiger partial charge in [-0.3, -0.25) is 14.8 Å². The quantitative estimate of drug-likeness (QED) is 0.885. The lowest BCUT2D eigenvalue weighted by atomic mass is 10.2. The molecular weight excluding hydrogens is 274 g/mol. The number of anilines is 1. The van der Waals surface area contributed by atoms with E-state index in [0.717, 1.165) is 12.2 Å². The van der Waals surface area contributed by atoms with Crippen molar-refractivity contribution in [2.75, 3.05) is 11.9 Å². The van der Waals surface area contributed by atoms with E-state index in [2.05, 4.69) is 34.6 Å². The zero-order valence-corrected chi connectivity index (χ0v) is 12.9. The molecular formula is C13H19N5OS. The predicted octanol–water partition coefficient (Wildman–Crippen LogP) is 2.11. The fraction of sp³-hybridized carbons (Fsp3) is 0.462. The molecule has 2 aromatic rings. The van der Waals surface area contributed by atoms with Gasteiger partial charge >= 0.3 is 0 Å². The monoisotopic (exact) mass is 293 g/mol. The van der Waals surface area contributed by atoms with Gasteiger partial charge in [0, 0.05) is 24.7 Å².